The molecule has 1 aromatic heterocycles. The molecule has 1 aromatic carbocycles. The highest BCUT2D eigenvalue weighted by Crippen LogP contribution is 2.25. The Balaban J connectivity index is 2.28. The summed E-state index contributed by atoms with van der Waals surface area (Å²) in [6.45, 7) is 4.08. The maximum absolute atomic E-state index is 5.80. The molecule has 0 aliphatic rings. The Morgan fingerprint density at radius 1 is 1.12 bits per heavy atom. The molecule has 0 radical (unpaired) electrons. The van der Waals surface area contributed by atoms with Crippen LogP contribution < -0.4 is 10.5 Å². The minimum Gasteiger partial charge on any atom is -0.439 e. The van der Waals surface area contributed by atoms with E-state index in [1.165, 1.54) is 5.56 Å². The normalized spacial score (nSPS) is 10.3. The first-order chi connectivity index (χ1) is 8.04. The standard InChI is InChI=1S/C13H13ClN2O/c1-8-3-4-11(5-9(8)2)17-13-7-10(15)6-12(14)16-13/h3-7H,1-2H3,(H2,15,16). The minimum absolute atomic E-state index is 0.323. The second-order valence-corrected chi connectivity index (χ2v) is 4.30. The van der Waals surface area contributed by atoms with E-state index in [0.29, 0.717) is 16.7 Å². The van der Waals surface area contributed by atoms with E-state index in [2.05, 4.69) is 11.9 Å². The fourth-order valence-electron chi connectivity index (χ4n) is 1.44. The van der Waals surface area contributed by atoms with Gasteiger partial charge in [-0.05, 0) is 43.2 Å². The van der Waals surface area contributed by atoms with Gasteiger partial charge in [0.2, 0.25) is 5.88 Å². The quantitative estimate of drug-likeness (QED) is 0.824. The number of benzene rings is 1. The average molecular weight is 249 g/mol. The van der Waals surface area contributed by atoms with Crippen molar-refractivity contribution in [2.45, 2.75) is 13.8 Å². The molecule has 3 nitrogen and oxygen atoms in total. The van der Waals surface area contributed by atoms with Crippen molar-refractivity contribution < 1.29 is 4.74 Å². The van der Waals surface area contributed by atoms with Gasteiger partial charge in [-0.1, -0.05) is 17.7 Å². The fourth-order valence-corrected chi connectivity index (χ4v) is 1.65. The average Bonchev–Trinajstić information content (AvgIpc) is 2.22. The molecule has 0 unspecified atom stereocenters. The van der Waals surface area contributed by atoms with Crippen LogP contribution in [-0.4, -0.2) is 4.98 Å². The van der Waals surface area contributed by atoms with Gasteiger partial charge in [0, 0.05) is 11.8 Å². The lowest BCUT2D eigenvalue weighted by Gasteiger charge is -2.07. The summed E-state index contributed by atoms with van der Waals surface area (Å²) in [5.74, 6) is 1.13. The van der Waals surface area contributed by atoms with E-state index in [0.717, 1.165) is 11.3 Å². The summed E-state index contributed by atoms with van der Waals surface area (Å²) in [5, 5.41) is 0.323. The van der Waals surface area contributed by atoms with Crippen molar-refractivity contribution in [2.24, 2.45) is 0 Å². The highest BCUT2D eigenvalue weighted by atomic mass is 35.5. The number of halogens is 1. The maximum Gasteiger partial charge on any atom is 0.222 e. The van der Waals surface area contributed by atoms with Gasteiger partial charge in [-0.2, -0.15) is 0 Å². The molecule has 0 aliphatic carbocycles. The Morgan fingerprint density at radius 2 is 1.88 bits per heavy atom. The van der Waals surface area contributed by atoms with E-state index in [1.54, 1.807) is 12.1 Å². The largest absolute Gasteiger partial charge is 0.439 e. The molecular formula is C13H13ClN2O. The molecule has 0 amide bonds. The first kappa shape index (κ1) is 11.7. The predicted molar refractivity (Wildman–Crippen MR) is 69.6 cm³/mol. The van der Waals surface area contributed by atoms with E-state index in [4.69, 9.17) is 22.1 Å². The molecule has 0 fully saturated rings. The number of ether oxygens (including phenoxy) is 1. The van der Waals surface area contributed by atoms with Crippen molar-refractivity contribution in [3.05, 3.63) is 46.6 Å². The van der Waals surface area contributed by atoms with E-state index in [9.17, 15) is 0 Å². The van der Waals surface area contributed by atoms with Crippen LogP contribution in [0.2, 0.25) is 5.15 Å². The van der Waals surface area contributed by atoms with Crippen molar-refractivity contribution in [3.63, 3.8) is 0 Å². The number of hydrogen-bond donors (Lipinski definition) is 1. The van der Waals surface area contributed by atoms with Crippen LogP contribution in [0, 0.1) is 13.8 Å². The highest BCUT2D eigenvalue weighted by molar-refractivity contribution is 6.29. The molecule has 0 atom stereocenters. The Labute approximate surface area is 105 Å². The Kier molecular flexibility index (Phi) is 3.20. The van der Waals surface area contributed by atoms with Crippen LogP contribution in [-0.2, 0) is 0 Å². The van der Waals surface area contributed by atoms with Gasteiger partial charge < -0.3 is 10.5 Å². The SMILES string of the molecule is Cc1ccc(Oc2cc(N)cc(Cl)n2)cc1C. The Bertz CT molecular complexity index is 535. The first-order valence-electron chi connectivity index (χ1n) is 5.23. The number of pyridine rings is 1. The molecule has 0 saturated heterocycles. The number of aromatic nitrogens is 1. The lowest BCUT2D eigenvalue weighted by atomic mass is 10.1. The topological polar surface area (TPSA) is 48.1 Å². The summed E-state index contributed by atoms with van der Waals surface area (Å²) in [4.78, 5) is 4.04. The second-order valence-electron chi connectivity index (χ2n) is 3.91. The molecule has 0 saturated carbocycles. The number of nitrogens with zero attached hydrogens (tertiary/aromatic N) is 1. The zero-order valence-electron chi connectivity index (χ0n) is 9.70. The third-order valence-corrected chi connectivity index (χ3v) is 2.69. The van der Waals surface area contributed by atoms with Gasteiger partial charge in [0.15, 0.2) is 0 Å². The molecular weight excluding hydrogens is 236 g/mol. The molecule has 0 aliphatic heterocycles. The Hall–Kier alpha value is -1.74. The number of anilines is 1. The van der Waals surface area contributed by atoms with Crippen LogP contribution in [0.5, 0.6) is 11.6 Å². The summed E-state index contributed by atoms with van der Waals surface area (Å²) in [7, 11) is 0. The van der Waals surface area contributed by atoms with Crippen LogP contribution in [0.15, 0.2) is 30.3 Å². The predicted octanol–water partition coefficient (Wildman–Crippen LogP) is 3.73. The molecule has 4 heteroatoms. The zero-order valence-corrected chi connectivity index (χ0v) is 10.5. The smallest absolute Gasteiger partial charge is 0.222 e. The summed E-state index contributed by atoms with van der Waals surface area (Å²) >= 11 is 5.80. The summed E-state index contributed by atoms with van der Waals surface area (Å²) in [6.07, 6.45) is 0. The number of nitrogen functional groups attached to an aromatic ring is 1. The van der Waals surface area contributed by atoms with Crippen molar-refractivity contribution in [1.29, 1.82) is 0 Å². The summed E-state index contributed by atoms with van der Waals surface area (Å²) < 4.78 is 5.60. The summed E-state index contributed by atoms with van der Waals surface area (Å²) in [6, 6.07) is 9.06. The number of rotatable bonds is 2. The van der Waals surface area contributed by atoms with Gasteiger partial charge in [0.1, 0.15) is 10.9 Å². The number of nitrogens with two attached hydrogens (primary N) is 1. The summed E-state index contributed by atoms with van der Waals surface area (Å²) in [5.41, 5.74) is 8.58. The van der Waals surface area contributed by atoms with E-state index in [-0.39, 0.29) is 0 Å². The molecule has 17 heavy (non-hydrogen) atoms. The van der Waals surface area contributed by atoms with Crippen LogP contribution in [0.3, 0.4) is 0 Å². The molecule has 2 N–H and O–H groups in total. The zero-order chi connectivity index (χ0) is 12.4. The monoisotopic (exact) mass is 248 g/mol. The molecule has 0 bridgehead atoms. The van der Waals surface area contributed by atoms with Crippen molar-refractivity contribution in [3.8, 4) is 11.6 Å². The minimum atomic E-state index is 0.323. The van der Waals surface area contributed by atoms with Crippen LogP contribution in [0.4, 0.5) is 5.69 Å². The molecule has 88 valence electrons. The lowest BCUT2D eigenvalue weighted by molar-refractivity contribution is 0.463. The van der Waals surface area contributed by atoms with Gasteiger partial charge in [0.25, 0.3) is 0 Å². The molecule has 1 heterocycles. The third kappa shape index (κ3) is 2.88. The van der Waals surface area contributed by atoms with E-state index < -0.39 is 0 Å². The highest BCUT2D eigenvalue weighted by Gasteiger charge is 2.03. The van der Waals surface area contributed by atoms with Gasteiger partial charge in [-0.3, -0.25) is 0 Å². The van der Waals surface area contributed by atoms with Crippen LogP contribution in [0.1, 0.15) is 11.1 Å². The maximum atomic E-state index is 5.80. The van der Waals surface area contributed by atoms with Crippen LogP contribution >= 0.6 is 11.6 Å². The second kappa shape index (κ2) is 4.63. The van der Waals surface area contributed by atoms with Crippen molar-refractivity contribution >= 4 is 17.3 Å². The Morgan fingerprint density at radius 3 is 2.53 bits per heavy atom. The molecule has 2 aromatic rings. The first-order valence-corrected chi connectivity index (χ1v) is 5.60. The van der Waals surface area contributed by atoms with Gasteiger partial charge in [-0.15, -0.1) is 0 Å². The molecule has 0 spiro atoms. The van der Waals surface area contributed by atoms with Gasteiger partial charge in [0.05, 0.1) is 0 Å². The van der Waals surface area contributed by atoms with Crippen molar-refractivity contribution in [1.82, 2.24) is 4.98 Å². The number of hydrogen-bond acceptors (Lipinski definition) is 3. The van der Waals surface area contributed by atoms with Crippen LogP contribution in [0.25, 0.3) is 0 Å². The number of aryl methyl sites for hydroxylation is 2. The van der Waals surface area contributed by atoms with Gasteiger partial charge >= 0.3 is 0 Å². The third-order valence-electron chi connectivity index (χ3n) is 2.49. The van der Waals surface area contributed by atoms with Gasteiger partial charge in [-0.25, -0.2) is 4.98 Å². The van der Waals surface area contributed by atoms with Crippen molar-refractivity contribution in [2.75, 3.05) is 5.73 Å². The molecule has 2 rings (SSSR count). The van der Waals surface area contributed by atoms with E-state index in [1.807, 2.05) is 25.1 Å². The lowest BCUT2D eigenvalue weighted by Crippen LogP contribution is -1.92. The van der Waals surface area contributed by atoms with E-state index >= 15 is 0 Å². The fraction of sp³-hybridized carbons (Fsp3) is 0.154.